The molecule has 0 aromatic heterocycles. The minimum Gasteiger partial charge on any atom is -0.444 e. The summed E-state index contributed by atoms with van der Waals surface area (Å²) in [5, 5.41) is 16.7. The number of rotatable bonds is 12. The maximum atomic E-state index is 11.4. The molecule has 0 rings (SSSR count). The monoisotopic (exact) mass is 774 g/mol. The van der Waals surface area contributed by atoms with E-state index in [0.29, 0.717) is 19.6 Å². The van der Waals surface area contributed by atoms with Crippen LogP contribution in [0.5, 0.6) is 0 Å². The van der Waals surface area contributed by atoms with Crippen molar-refractivity contribution in [1.82, 2.24) is 9.80 Å². The molecule has 2 amide bonds. The molecule has 0 aliphatic heterocycles. The lowest BCUT2D eigenvalue weighted by Gasteiger charge is -2.24. The predicted molar refractivity (Wildman–Crippen MR) is 178 cm³/mol. The van der Waals surface area contributed by atoms with Crippen LogP contribution in [0.3, 0.4) is 0 Å². The number of carbonyl (C=O) groups is 2. The van der Waals surface area contributed by atoms with Crippen LogP contribution < -0.4 is 0 Å². The molecule has 0 aromatic rings. The molecule has 0 aliphatic carbocycles. The van der Waals surface area contributed by atoms with Gasteiger partial charge < -0.3 is 29.5 Å². The Hall–Kier alpha value is -0.0800. The van der Waals surface area contributed by atoms with E-state index >= 15 is 0 Å². The molecule has 38 heavy (non-hydrogen) atoms. The fourth-order valence-electron chi connectivity index (χ4n) is 2.17. The summed E-state index contributed by atoms with van der Waals surface area (Å²) in [5.74, 6) is 0. The van der Waals surface area contributed by atoms with Gasteiger partial charge in [-0.2, -0.15) is 0 Å². The van der Waals surface area contributed by atoms with Gasteiger partial charge in [0.25, 0.3) is 0 Å². The zero-order valence-corrected chi connectivity index (χ0v) is 30.4. The molecule has 0 atom stereocenters. The van der Waals surface area contributed by atoms with Crippen molar-refractivity contribution >= 4 is 57.4 Å². The third-order valence-electron chi connectivity index (χ3n) is 4.19. The standard InChI is InChI=1S/C9H18INO2.C9H19NO3.C5H11I.C5H12O/c1-9(2,3)13-8(12)11(4)7-5-6-10;1-9(2,3)13-8(12)10(4)6-5-7-11;2*1-2-3-4-5-6/h5-7H2,1-4H3;11H,5-7H2,1-4H3;2-5H2,1H3;6H,2-5H2,1H3. The lowest BCUT2D eigenvalue weighted by atomic mass is 10.2. The highest BCUT2D eigenvalue weighted by Crippen LogP contribution is 2.10. The first-order chi connectivity index (χ1) is 17.6. The van der Waals surface area contributed by atoms with Crippen molar-refractivity contribution in [2.24, 2.45) is 0 Å². The molecule has 0 saturated carbocycles. The van der Waals surface area contributed by atoms with Crippen LogP contribution in [0.1, 0.15) is 107 Å². The van der Waals surface area contributed by atoms with E-state index in [1.54, 1.807) is 19.0 Å². The van der Waals surface area contributed by atoms with Crippen LogP contribution in [0, 0.1) is 0 Å². The first kappa shape index (κ1) is 44.9. The summed E-state index contributed by atoms with van der Waals surface area (Å²) in [6.45, 7) is 17.2. The van der Waals surface area contributed by atoms with Gasteiger partial charge in [-0.05, 0) is 71.7 Å². The molecular weight excluding hydrogens is 714 g/mol. The van der Waals surface area contributed by atoms with Gasteiger partial charge in [-0.15, -0.1) is 0 Å². The fourth-order valence-corrected chi connectivity index (χ4v) is 3.05. The van der Waals surface area contributed by atoms with Crippen LogP contribution in [0.4, 0.5) is 9.59 Å². The lowest BCUT2D eigenvalue weighted by molar-refractivity contribution is 0.0284. The molecule has 0 unspecified atom stereocenters. The van der Waals surface area contributed by atoms with E-state index in [0.717, 1.165) is 30.2 Å². The van der Waals surface area contributed by atoms with Gasteiger partial charge in [-0.1, -0.05) is 84.7 Å². The van der Waals surface area contributed by atoms with Crippen LogP contribution in [0.15, 0.2) is 0 Å². The lowest BCUT2D eigenvalue weighted by Crippen LogP contribution is -2.34. The number of unbranched alkanes of at least 4 members (excludes halogenated alkanes) is 4. The van der Waals surface area contributed by atoms with Crippen molar-refractivity contribution in [3.05, 3.63) is 0 Å². The van der Waals surface area contributed by atoms with Gasteiger partial charge in [-0.25, -0.2) is 9.59 Å². The highest BCUT2D eigenvalue weighted by atomic mass is 127. The van der Waals surface area contributed by atoms with Crippen LogP contribution in [0.2, 0.25) is 0 Å². The van der Waals surface area contributed by atoms with Crippen molar-refractivity contribution in [2.75, 3.05) is 49.3 Å². The molecule has 232 valence electrons. The van der Waals surface area contributed by atoms with E-state index in [1.807, 2.05) is 41.5 Å². The minimum absolute atomic E-state index is 0.0904. The van der Waals surface area contributed by atoms with Crippen LogP contribution >= 0.6 is 45.2 Å². The molecule has 2 N–H and O–H groups in total. The molecule has 0 bridgehead atoms. The van der Waals surface area contributed by atoms with Crippen LogP contribution in [0.25, 0.3) is 0 Å². The molecule has 8 nitrogen and oxygen atoms in total. The quantitative estimate of drug-likeness (QED) is 0.120. The minimum atomic E-state index is -0.454. The van der Waals surface area contributed by atoms with Crippen LogP contribution in [-0.2, 0) is 9.47 Å². The van der Waals surface area contributed by atoms with Gasteiger partial charge >= 0.3 is 12.2 Å². The second kappa shape index (κ2) is 29.9. The van der Waals surface area contributed by atoms with Crippen molar-refractivity contribution in [2.45, 2.75) is 118 Å². The van der Waals surface area contributed by atoms with Crippen molar-refractivity contribution in [3.63, 3.8) is 0 Å². The van der Waals surface area contributed by atoms with Gasteiger partial charge in [0, 0.05) is 44.8 Å². The summed E-state index contributed by atoms with van der Waals surface area (Å²) in [7, 11) is 3.42. The Morgan fingerprint density at radius 3 is 1.21 bits per heavy atom. The zero-order valence-electron chi connectivity index (χ0n) is 26.1. The smallest absolute Gasteiger partial charge is 0.410 e. The number of hydrogen-bond acceptors (Lipinski definition) is 6. The molecule has 10 heteroatoms. The summed E-state index contributed by atoms with van der Waals surface area (Å²) >= 11 is 4.70. The average Bonchev–Trinajstić information content (AvgIpc) is 2.82. The van der Waals surface area contributed by atoms with Gasteiger partial charge in [-0.3, -0.25) is 0 Å². The number of amides is 2. The number of aliphatic hydroxyl groups is 2. The van der Waals surface area contributed by atoms with Gasteiger partial charge in [0.15, 0.2) is 0 Å². The first-order valence-electron chi connectivity index (χ1n) is 13.8. The van der Waals surface area contributed by atoms with E-state index in [4.69, 9.17) is 19.7 Å². The van der Waals surface area contributed by atoms with Crippen molar-refractivity contribution in [3.8, 4) is 0 Å². The van der Waals surface area contributed by atoms with Crippen molar-refractivity contribution < 1.29 is 29.3 Å². The molecule has 0 aliphatic rings. The molecule has 0 saturated heterocycles. The third kappa shape index (κ3) is 43.0. The van der Waals surface area contributed by atoms with E-state index in [-0.39, 0.29) is 18.8 Å². The van der Waals surface area contributed by atoms with E-state index < -0.39 is 11.2 Å². The average molecular weight is 775 g/mol. The topological polar surface area (TPSA) is 99.5 Å². The van der Waals surface area contributed by atoms with Gasteiger partial charge in [0.05, 0.1) is 0 Å². The van der Waals surface area contributed by atoms with E-state index in [9.17, 15) is 9.59 Å². The Kier molecular flexibility index (Phi) is 35.3. The number of carbonyl (C=O) groups excluding carboxylic acids is 2. The third-order valence-corrected chi connectivity index (χ3v) is 5.71. The maximum absolute atomic E-state index is 11.4. The zero-order chi connectivity index (χ0) is 30.6. The largest absolute Gasteiger partial charge is 0.444 e. The highest BCUT2D eigenvalue weighted by molar-refractivity contribution is 14.1. The molecule has 0 radical (unpaired) electrons. The van der Waals surface area contributed by atoms with Gasteiger partial charge in [0.2, 0.25) is 0 Å². The Labute approximate surface area is 262 Å². The molecule has 0 aromatic carbocycles. The summed E-state index contributed by atoms with van der Waals surface area (Å²) < 4.78 is 12.7. The normalized spacial score (nSPS) is 10.5. The Morgan fingerprint density at radius 1 is 0.632 bits per heavy atom. The van der Waals surface area contributed by atoms with Crippen LogP contribution in [-0.4, -0.2) is 92.7 Å². The second-order valence-corrected chi connectivity index (χ2v) is 12.9. The summed E-state index contributed by atoms with van der Waals surface area (Å²) in [5.41, 5.74) is -0.847. The van der Waals surface area contributed by atoms with Gasteiger partial charge in [0.1, 0.15) is 11.2 Å². The Balaban J connectivity index is -0.000000216. The molecule has 0 heterocycles. The number of halogens is 2. The summed E-state index contributed by atoms with van der Waals surface area (Å²) in [4.78, 5) is 25.7. The summed E-state index contributed by atoms with van der Waals surface area (Å²) in [6.07, 6.45) is 8.49. The number of ether oxygens (including phenoxy) is 2. The SMILES string of the molecule is CCCCCI.CCCCCO.CN(CCCI)C(=O)OC(C)(C)C.CN(CCCO)C(=O)OC(C)(C)C. The number of hydrogen-bond donors (Lipinski definition) is 2. The first-order valence-corrected chi connectivity index (χ1v) is 16.8. The molecule has 0 fully saturated rings. The highest BCUT2D eigenvalue weighted by Gasteiger charge is 2.19. The van der Waals surface area contributed by atoms with E-state index in [2.05, 4.69) is 59.0 Å². The summed E-state index contributed by atoms with van der Waals surface area (Å²) in [6, 6.07) is 0. The van der Waals surface area contributed by atoms with E-state index in [1.165, 1.54) is 35.0 Å². The predicted octanol–water partition coefficient (Wildman–Crippen LogP) is 7.69. The Bertz CT molecular complexity index is 472. The fraction of sp³-hybridized carbons (Fsp3) is 0.929. The van der Waals surface area contributed by atoms with Crippen molar-refractivity contribution in [1.29, 1.82) is 0 Å². The second-order valence-electron chi connectivity index (χ2n) is 10.8. The number of nitrogens with zero attached hydrogens (tertiary/aromatic N) is 2. The number of aliphatic hydroxyl groups excluding tert-OH is 2. The maximum Gasteiger partial charge on any atom is 0.410 e. The molecule has 0 spiro atoms. The number of alkyl halides is 2. The molecular formula is C28H60I2N2O6. The Morgan fingerprint density at radius 2 is 0.974 bits per heavy atom.